The van der Waals surface area contributed by atoms with Crippen molar-refractivity contribution in [2.24, 2.45) is 0 Å². The minimum absolute atomic E-state index is 0.0151. The predicted octanol–water partition coefficient (Wildman–Crippen LogP) is 3.27. The van der Waals surface area contributed by atoms with Gasteiger partial charge in [-0.05, 0) is 31.0 Å². The average Bonchev–Trinajstić information content (AvgIpc) is 2.73. The van der Waals surface area contributed by atoms with Crippen molar-refractivity contribution in [3.8, 4) is 5.75 Å². The number of Topliss-reactive ketones (excluding diaryl/α,β-unsaturated/α-hetero) is 1. The van der Waals surface area contributed by atoms with Crippen LogP contribution in [0.5, 0.6) is 5.75 Å². The van der Waals surface area contributed by atoms with Gasteiger partial charge in [-0.2, -0.15) is 0 Å². The number of nitrogens with one attached hydrogen (secondary N) is 1. The van der Waals surface area contributed by atoms with E-state index in [1.807, 2.05) is 42.5 Å². The standard InChI is InChI=1S/C22H26N2O4/c1-17(25)20-9-5-6-10-21(20)27-14-11-19-15-24(13-12-23-19)22(26)28-16-18-7-3-2-4-8-18/h2-10,19,23H,11-16H2,1H3/t19-/m1/s1. The van der Waals surface area contributed by atoms with Gasteiger partial charge in [0.1, 0.15) is 12.4 Å². The van der Waals surface area contributed by atoms with E-state index in [9.17, 15) is 9.59 Å². The Morgan fingerprint density at radius 1 is 1.11 bits per heavy atom. The first-order chi connectivity index (χ1) is 13.6. The third-order valence-corrected chi connectivity index (χ3v) is 4.71. The second kappa shape index (κ2) is 9.90. The molecule has 2 aromatic rings. The van der Waals surface area contributed by atoms with Crippen LogP contribution in [-0.4, -0.2) is 49.1 Å². The van der Waals surface area contributed by atoms with E-state index in [0.29, 0.717) is 31.0 Å². The number of carbonyl (C=O) groups excluding carboxylic acids is 2. The number of nitrogens with zero attached hydrogens (tertiary/aromatic N) is 1. The van der Waals surface area contributed by atoms with Crippen LogP contribution in [0.3, 0.4) is 0 Å². The van der Waals surface area contributed by atoms with Crippen LogP contribution in [0.4, 0.5) is 4.79 Å². The van der Waals surface area contributed by atoms with Crippen molar-refractivity contribution in [3.05, 3.63) is 65.7 Å². The molecule has 1 atom stereocenters. The summed E-state index contributed by atoms with van der Waals surface area (Å²) in [6.07, 6.45) is 0.438. The maximum absolute atomic E-state index is 12.3. The highest BCUT2D eigenvalue weighted by Crippen LogP contribution is 2.19. The lowest BCUT2D eigenvalue weighted by Crippen LogP contribution is -2.53. The SMILES string of the molecule is CC(=O)c1ccccc1OCC[C@@H]1CN(C(=O)OCc2ccccc2)CCN1. The van der Waals surface area contributed by atoms with Crippen molar-refractivity contribution < 1.29 is 19.1 Å². The Morgan fingerprint density at radius 2 is 1.86 bits per heavy atom. The summed E-state index contributed by atoms with van der Waals surface area (Å²) in [6.45, 7) is 4.19. The van der Waals surface area contributed by atoms with Gasteiger partial charge in [-0.15, -0.1) is 0 Å². The monoisotopic (exact) mass is 382 g/mol. The molecule has 1 saturated heterocycles. The summed E-state index contributed by atoms with van der Waals surface area (Å²) in [6, 6.07) is 17.0. The average molecular weight is 382 g/mol. The number of piperazine rings is 1. The zero-order valence-electron chi connectivity index (χ0n) is 16.1. The highest BCUT2D eigenvalue weighted by atomic mass is 16.6. The number of hydrogen-bond acceptors (Lipinski definition) is 5. The van der Waals surface area contributed by atoms with Crippen LogP contribution in [0.25, 0.3) is 0 Å². The van der Waals surface area contributed by atoms with Gasteiger partial charge in [-0.3, -0.25) is 4.79 Å². The molecule has 1 fully saturated rings. The Bertz CT molecular complexity index is 794. The molecule has 1 amide bonds. The van der Waals surface area contributed by atoms with E-state index in [2.05, 4.69) is 5.32 Å². The minimum Gasteiger partial charge on any atom is -0.493 e. The van der Waals surface area contributed by atoms with Crippen molar-refractivity contribution in [1.82, 2.24) is 10.2 Å². The van der Waals surface area contributed by atoms with Crippen molar-refractivity contribution in [3.63, 3.8) is 0 Å². The van der Waals surface area contributed by atoms with Gasteiger partial charge in [0.25, 0.3) is 0 Å². The van der Waals surface area contributed by atoms with Gasteiger partial charge in [-0.25, -0.2) is 4.79 Å². The summed E-state index contributed by atoms with van der Waals surface area (Å²) in [5.41, 5.74) is 1.56. The molecule has 28 heavy (non-hydrogen) atoms. The molecular weight excluding hydrogens is 356 g/mol. The molecule has 0 unspecified atom stereocenters. The third kappa shape index (κ3) is 5.57. The summed E-state index contributed by atoms with van der Waals surface area (Å²) in [5.74, 6) is 0.587. The van der Waals surface area contributed by atoms with Gasteiger partial charge in [0, 0.05) is 25.7 Å². The maximum atomic E-state index is 12.3. The molecule has 3 rings (SSSR count). The van der Waals surface area contributed by atoms with Crippen molar-refractivity contribution >= 4 is 11.9 Å². The lowest BCUT2D eigenvalue weighted by Gasteiger charge is -2.33. The number of hydrogen-bond donors (Lipinski definition) is 1. The van der Waals surface area contributed by atoms with Gasteiger partial charge in [0.2, 0.25) is 0 Å². The van der Waals surface area contributed by atoms with Gasteiger partial charge >= 0.3 is 6.09 Å². The predicted molar refractivity (Wildman–Crippen MR) is 107 cm³/mol. The van der Waals surface area contributed by atoms with Crippen LogP contribution in [0.15, 0.2) is 54.6 Å². The zero-order valence-corrected chi connectivity index (χ0v) is 16.1. The Kier molecular flexibility index (Phi) is 7.03. The van der Waals surface area contributed by atoms with Gasteiger partial charge in [0.05, 0.1) is 12.2 Å². The topological polar surface area (TPSA) is 67.9 Å². The van der Waals surface area contributed by atoms with Crippen molar-refractivity contribution in [1.29, 1.82) is 0 Å². The lowest BCUT2D eigenvalue weighted by atomic mass is 10.1. The first-order valence-electron chi connectivity index (χ1n) is 9.55. The molecule has 148 valence electrons. The normalized spacial score (nSPS) is 16.5. The highest BCUT2D eigenvalue weighted by molar-refractivity contribution is 5.96. The Labute approximate surface area is 165 Å². The summed E-state index contributed by atoms with van der Waals surface area (Å²) in [7, 11) is 0. The first-order valence-corrected chi connectivity index (χ1v) is 9.55. The first kappa shape index (κ1) is 19.9. The minimum atomic E-state index is -0.293. The van der Waals surface area contributed by atoms with Gasteiger partial charge < -0.3 is 19.7 Å². The number of para-hydroxylation sites is 1. The largest absolute Gasteiger partial charge is 0.493 e. The molecule has 6 nitrogen and oxygen atoms in total. The molecular formula is C22H26N2O4. The molecule has 0 aromatic heterocycles. The van der Waals surface area contributed by atoms with E-state index in [1.165, 1.54) is 6.92 Å². The number of carbonyl (C=O) groups is 2. The van der Waals surface area contributed by atoms with Crippen LogP contribution in [0.2, 0.25) is 0 Å². The van der Waals surface area contributed by atoms with E-state index in [0.717, 1.165) is 18.5 Å². The molecule has 1 aliphatic heterocycles. The second-order valence-electron chi connectivity index (χ2n) is 6.83. The molecule has 0 spiro atoms. The van der Waals surface area contributed by atoms with Crippen molar-refractivity contribution in [2.45, 2.75) is 26.0 Å². The van der Waals surface area contributed by atoms with E-state index in [4.69, 9.17) is 9.47 Å². The van der Waals surface area contributed by atoms with Crippen molar-refractivity contribution in [2.75, 3.05) is 26.2 Å². The zero-order chi connectivity index (χ0) is 19.8. The number of rotatable bonds is 7. The summed E-state index contributed by atoms with van der Waals surface area (Å²) in [5, 5.41) is 3.41. The highest BCUT2D eigenvalue weighted by Gasteiger charge is 2.24. The molecule has 1 aliphatic rings. The molecule has 6 heteroatoms. The number of benzene rings is 2. The third-order valence-electron chi connectivity index (χ3n) is 4.71. The fourth-order valence-corrected chi connectivity index (χ4v) is 3.19. The fourth-order valence-electron chi connectivity index (χ4n) is 3.19. The van der Waals surface area contributed by atoms with Crippen LogP contribution < -0.4 is 10.1 Å². The fraction of sp³-hybridized carbons (Fsp3) is 0.364. The quantitative estimate of drug-likeness (QED) is 0.745. The van der Waals surface area contributed by atoms with Crippen LogP contribution >= 0.6 is 0 Å². The number of amides is 1. The molecule has 0 bridgehead atoms. The number of ether oxygens (including phenoxy) is 2. The maximum Gasteiger partial charge on any atom is 0.410 e. The summed E-state index contributed by atoms with van der Waals surface area (Å²) < 4.78 is 11.2. The Morgan fingerprint density at radius 3 is 2.64 bits per heavy atom. The molecule has 0 radical (unpaired) electrons. The molecule has 1 N–H and O–H groups in total. The van der Waals surface area contributed by atoms with E-state index >= 15 is 0 Å². The molecule has 2 aromatic carbocycles. The van der Waals surface area contributed by atoms with Crippen LogP contribution in [0, 0.1) is 0 Å². The summed E-state index contributed by atoms with van der Waals surface area (Å²) >= 11 is 0. The second-order valence-corrected chi connectivity index (χ2v) is 6.83. The Hall–Kier alpha value is -2.86. The summed E-state index contributed by atoms with van der Waals surface area (Å²) in [4.78, 5) is 25.7. The van der Waals surface area contributed by atoms with E-state index < -0.39 is 0 Å². The Balaban J connectivity index is 1.45. The van der Waals surface area contributed by atoms with Gasteiger partial charge in [0.15, 0.2) is 5.78 Å². The molecule has 0 aliphatic carbocycles. The van der Waals surface area contributed by atoms with E-state index in [1.54, 1.807) is 17.0 Å². The van der Waals surface area contributed by atoms with Gasteiger partial charge in [-0.1, -0.05) is 42.5 Å². The molecule has 0 saturated carbocycles. The van der Waals surface area contributed by atoms with Crippen LogP contribution in [-0.2, 0) is 11.3 Å². The van der Waals surface area contributed by atoms with Crippen LogP contribution in [0.1, 0.15) is 29.3 Å². The smallest absolute Gasteiger partial charge is 0.410 e. The molecule has 1 heterocycles. The number of ketones is 1. The van der Waals surface area contributed by atoms with E-state index in [-0.39, 0.29) is 24.5 Å². The lowest BCUT2D eigenvalue weighted by molar-refractivity contribution is 0.0826.